The Hall–Kier alpha value is -2.96. The molecule has 6 heteroatoms. The molecular weight excluding hydrogens is 418 g/mol. The average molecular weight is 448 g/mol. The van der Waals surface area contributed by atoms with Crippen LogP contribution in [0.1, 0.15) is 39.8 Å². The van der Waals surface area contributed by atoms with Crippen LogP contribution < -0.4 is 10.1 Å². The van der Waals surface area contributed by atoms with Crippen molar-refractivity contribution in [3.63, 3.8) is 0 Å². The van der Waals surface area contributed by atoms with Crippen LogP contribution in [0.25, 0.3) is 6.08 Å². The molecule has 5 nitrogen and oxygen atoms in total. The maximum atomic E-state index is 12.9. The topological polar surface area (TPSA) is 54.5 Å². The van der Waals surface area contributed by atoms with Gasteiger partial charge in [0.15, 0.2) is 0 Å². The van der Waals surface area contributed by atoms with Gasteiger partial charge in [-0.05, 0) is 43.5 Å². The van der Waals surface area contributed by atoms with Crippen LogP contribution in [-0.4, -0.2) is 42.5 Å². The molecule has 4 rings (SSSR count). The standard InChI is InChI=1S/C26H29N3O2S/c1-31-23-14-6-5-9-20(23)12-7-16-29-17-8-13-22(19-29)24(26-27-15-18-32-26)28-25(30)21-10-3-2-4-11-21/h2-7,9-12,14-15,18,22,24H,8,13,16-17,19H2,1H3,(H,28,30)/b12-7+. The molecule has 1 aliphatic rings. The number of carbonyl (C=O) groups excluding carboxylic acids is 1. The number of rotatable bonds is 8. The maximum absolute atomic E-state index is 12.9. The summed E-state index contributed by atoms with van der Waals surface area (Å²) < 4.78 is 5.44. The quantitative estimate of drug-likeness (QED) is 0.525. The number of amides is 1. The predicted molar refractivity (Wildman–Crippen MR) is 130 cm³/mol. The highest BCUT2D eigenvalue weighted by Gasteiger charge is 2.31. The number of methoxy groups -OCH3 is 1. The number of para-hydroxylation sites is 1. The second kappa shape index (κ2) is 11.1. The van der Waals surface area contributed by atoms with Crippen LogP contribution in [0.3, 0.4) is 0 Å². The van der Waals surface area contributed by atoms with Gasteiger partial charge in [-0.2, -0.15) is 0 Å². The van der Waals surface area contributed by atoms with E-state index in [0.29, 0.717) is 11.5 Å². The number of nitrogens with one attached hydrogen (secondary N) is 1. The summed E-state index contributed by atoms with van der Waals surface area (Å²) in [5.41, 5.74) is 1.76. The molecule has 2 aromatic carbocycles. The first-order valence-electron chi connectivity index (χ1n) is 11.0. The molecule has 166 valence electrons. The summed E-state index contributed by atoms with van der Waals surface area (Å²) in [6, 6.07) is 17.4. The molecule has 0 saturated carbocycles. The number of hydrogen-bond donors (Lipinski definition) is 1. The van der Waals surface area contributed by atoms with E-state index in [-0.39, 0.29) is 11.9 Å². The number of likely N-dealkylation sites (tertiary alicyclic amines) is 1. The van der Waals surface area contributed by atoms with Crippen molar-refractivity contribution in [1.82, 2.24) is 15.2 Å². The van der Waals surface area contributed by atoms with Gasteiger partial charge in [-0.15, -0.1) is 11.3 Å². The van der Waals surface area contributed by atoms with Crippen LogP contribution in [-0.2, 0) is 0 Å². The molecule has 0 aliphatic carbocycles. The first-order chi connectivity index (χ1) is 15.7. The van der Waals surface area contributed by atoms with Gasteiger partial charge in [0.2, 0.25) is 0 Å². The molecule has 1 aromatic heterocycles. The fourth-order valence-electron chi connectivity index (χ4n) is 4.25. The van der Waals surface area contributed by atoms with E-state index in [0.717, 1.165) is 48.8 Å². The van der Waals surface area contributed by atoms with Crippen molar-refractivity contribution in [2.75, 3.05) is 26.7 Å². The lowest BCUT2D eigenvalue weighted by atomic mass is 9.90. The summed E-state index contributed by atoms with van der Waals surface area (Å²) in [6.07, 6.45) is 8.32. The fourth-order valence-corrected chi connectivity index (χ4v) is 5.03. The minimum atomic E-state index is -0.0799. The van der Waals surface area contributed by atoms with E-state index < -0.39 is 0 Å². The van der Waals surface area contributed by atoms with Gasteiger partial charge in [0.05, 0.1) is 13.2 Å². The number of aromatic nitrogens is 1. The minimum Gasteiger partial charge on any atom is -0.496 e. The van der Waals surface area contributed by atoms with Crippen LogP contribution in [0.5, 0.6) is 5.75 Å². The van der Waals surface area contributed by atoms with E-state index >= 15 is 0 Å². The third-order valence-electron chi connectivity index (χ3n) is 5.85. The Bertz CT molecular complexity index is 1020. The van der Waals surface area contributed by atoms with Crippen molar-refractivity contribution < 1.29 is 9.53 Å². The lowest BCUT2D eigenvalue weighted by molar-refractivity contribution is 0.0889. The normalized spacial score (nSPS) is 17.8. The van der Waals surface area contributed by atoms with E-state index in [2.05, 4.69) is 33.4 Å². The first kappa shape index (κ1) is 22.2. The number of piperidine rings is 1. The molecule has 2 unspecified atom stereocenters. The maximum Gasteiger partial charge on any atom is 0.251 e. The Morgan fingerprint density at radius 2 is 2.06 bits per heavy atom. The zero-order valence-corrected chi connectivity index (χ0v) is 19.1. The third kappa shape index (κ3) is 5.64. The van der Waals surface area contributed by atoms with E-state index in [9.17, 15) is 4.79 Å². The van der Waals surface area contributed by atoms with Crippen LogP contribution in [0.4, 0.5) is 0 Å². The Kier molecular flexibility index (Phi) is 7.69. The van der Waals surface area contributed by atoms with E-state index in [4.69, 9.17) is 4.74 Å². The lowest BCUT2D eigenvalue weighted by Crippen LogP contribution is -2.43. The third-order valence-corrected chi connectivity index (χ3v) is 6.71. The second-order valence-electron chi connectivity index (χ2n) is 7.99. The molecule has 0 radical (unpaired) electrons. The number of hydrogen-bond acceptors (Lipinski definition) is 5. The van der Waals surface area contributed by atoms with Crippen molar-refractivity contribution in [1.29, 1.82) is 0 Å². The highest BCUT2D eigenvalue weighted by atomic mass is 32.1. The largest absolute Gasteiger partial charge is 0.496 e. The van der Waals surface area contributed by atoms with Gasteiger partial charge in [0.1, 0.15) is 10.8 Å². The molecule has 3 aromatic rings. The SMILES string of the molecule is COc1ccccc1/C=C/CN1CCCC(C(NC(=O)c2ccccc2)c2nccs2)C1. The van der Waals surface area contributed by atoms with Gasteiger partial charge < -0.3 is 10.1 Å². The van der Waals surface area contributed by atoms with Crippen LogP contribution in [0.15, 0.2) is 72.3 Å². The van der Waals surface area contributed by atoms with Crippen LogP contribution in [0, 0.1) is 5.92 Å². The summed E-state index contributed by atoms with van der Waals surface area (Å²) in [5, 5.41) is 6.23. The second-order valence-corrected chi connectivity index (χ2v) is 8.92. The van der Waals surface area contributed by atoms with Crippen LogP contribution in [0.2, 0.25) is 0 Å². The molecule has 1 aliphatic heterocycles. The zero-order valence-electron chi connectivity index (χ0n) is 18.3. The summed E-state index contributed by atoms with van der Waals surface area (Å²) in [7, 11) is 1.70. The van der Waals surface area contributed by atoms with E-state index in [1.807, 2.05) is 60.1 Å². The molecule has 1 N–H and O–H groups in total. The fraction of sp³-hybridized carbons (Fsp3) is 0.308. The summed E-state index contributed by atoms with van der Waals surface area (Å²) in [5.74, 6) is 1.16. The van der Waals surface area contributed by atoms with Gasteiger partial charge >= 0.3 is 0 Å². The smallest absolute Gasteiger partial charge is 0.251 e. The minimum absolute atomic E-state index is 0.0426. The van der Waals surface area contributed by atoms with Crippen molar-refractivity contribution in [2.45, 2.75) is 18.9 Å². The molecule has 32 heavy (non-hydrogen) atoms. The van der Waals surface area contributed by atoms with E-state index in [1.165, 1.54) is 0 Å². The van der Waals surface area contributed by atoms with Gasteiger partial charge in [-0.25, -0.2) is 4.98 Å². The molecule has 0 bridgehead atoms. The molecule has 2 atom stereocenters. The summed E-state index contributed by atoms with van der Waals surface area (Å²) >= 11 is 1.61. The predicted octanol–water partition coefficient (Wildman–Crippen LogP) is 5.05. The van der Waals surface area contributed by atoms with Crippen molar-refractivity contribution in [3.05, 3.63) is 88.4 Å². The highest BCUT2D eigenvalue weighted by molar-refractivity contribution is 7.09. The van der Waals surface area contributed by atoms with Gasteiger partial charge in [0.25, 0.3) is 5.91 Å². The Labute approximate surface area is 193 Å². The molecule has 1 fully saturated rings. The first-order valence-corrected chi connectivity index (χ1v) is 11.9. The summed E-state index contributed by atoms with van der Waals surface area (Å²) in [6.45, 7) is 2.85. The highest BCUT2D eigenvalue weighted by Crippen LogP contribution is 2.31. The molecule has 2 heterocycles. The Morgan fingerprint density at radius 1 is 1.25 bits per heavy atom. The van der Waals surface area contributed by atoms with Gasteiger partial charge in [0, 0.05) is 35.8 Å². The number of nitrogens with zero attached hydrogens (tertiary/aromatic N) is 2. The Balaban J connectivity index is 1.43. The zero-order chi connectivity index (χ0) is 22.2. The average Bonchev–Trinajstić information content (AvgIpc) is 3.38. The number of ether oxygens (including phenoxy) is 1. The number of benzene rings is 2. The molecule has 1 amide bonds. The molecular formula is C26H29N3O2S. The molecule has 1 saturated heterocycles. The summed E-state index contributed by atoms with van der Waals surface area (Å²) in [4.78, 5) is 19.9. The van der Waals surface area contributed by atoms with Crippen LogP contribution >= 0.6 is 11.3 Å². The van der Waals surface area contributed by atoms with E-state index in [1.54, 1.807) is 18.4 Å². The number of thiazole rings is 1. The van der Waals surface area contributed by atoms with Gasteiger partial charge in [-0.1, -0.05) is 48.6 Å². The van der Waals surface area contributed by atoms with Crippen molar-refractivity contribution in [3.8, 4) is 5.75 Å². The van der Waals surface area contributed by atoms with Gasteiger partial charge in [-0.3, -0.25) is 9.69 Å². The Morgan fingerprint density at radius 3 is 2.84 bits per heavy atom. The molecule has 0 spiro atoms. The monoisotopic (exact) mass is 447 g/mol. The van der Waals surface area contributed by atoms with Crippen molar-refractivity contribution >= 4 is 23.3 Å². The van der Waals surface area contributed by atoms with Crippen molar-refractivity contribution in [2.24, 2.45) is 5.92 Å². The lowest BCUT2D eigenvalue weighted by Gasteiger charge is -2.36. The number of carbonyl (C=O) groups is 1.